The molecule has 0 aliphatic heterocycles. The average Bonchev–Trinajstić information content (AvgIpc) is 2.78. The Morgan fingerprint density at radius 2 is 1.94 bits per heavy atom. The van der Waals surface area contributed by atoms with Gasteiger partial charge in [0.1, 0.15) is 5.82 Å². The van der Waals surface area contributed by atoms with Gasteiger partial charge in [0.25, 0.3) is 0 Å². The Hall–Kier alpha value is -1.59. The van der Waals surface area contributed by atoms with Gasteiger partial charge >= 0.3 is 7.12 Å². The van der Waals surface area contributed by atoms with Crippen molar-refractivity contribution < 1.29 is 10.0 Å². The van der Waals surface area contributed by atoms with Gasteiger partial charge in [0.2, 0.25) is 0 Å². The maximum Gasteiger partial charge on any atom is 0.488 e. The highest BCUT2D eigenvalue weighted by Gasteiger charge is 2.10. The van der Waals surface area contributed by atoms with Crippen LogP contribution in [0.25, 0.3) is 0 Å². The van der Waals surface area contributed by atoms with E-state index in [9.17, 15) is 0 Å². The lowest BCUT2D eigenvalue weighted by Gasteiger charge is -2.08. The van der Waals surface area contributed by atoms with Gasteiger partial charge < -0.3 is 14.6 Å². The molecular formula is C13H17BN2O2. The molecule has 0 radical (unpaired) electrons. The van der Waals surface area contributed by atoms with E-state index in [4.69, 9.17) is 10.0 Å². The second kappa shape index (κ2) is 5.84. The summed E-state index contributed by atoms with van der Waals surface area (Å²) in [6.07, 6.45) is 5.84. The number of aryl methyl sites for hydroxylation is 1. The van der Waals surface area contributed by atoms with Crippen LogP contribution < -0.4 is 5.46 Å². The van der Waals surface area contributed by atoms with Crippen molar-refractivity contribution in [3.8, 4) is 0 Å². The maximum atomic E-state index is 9.03. The molecule has 0 saturated heterocycles. The number of benzene rings is 1. The fourth-order valence-electron chi connectivity index (χ4n) is 1.93. The summed E-state index contributed by atoms with van der Waals surface area (Å²) < 4.78 is 2.12. The van der Waals surface area contributed by atoms with E-state index < -0.39 is 7.12 Å². The topological polar surface area (TPSA) is 58.3 Å². The van der Waals surface area contributed by atoms with Crippen LogP contribution in [0.4, 0.5) is 0 Å². The first-order valence-corrected chi connectivity index (χ1v) is 6.15. The number of hydrogen-bond acceptors (Lipinski definition) is 3. The molecule has 0 bridgehead atoms. The highest BCUT2D eigenvalue weighted by Crippen LogP contribution is 2.06. The van der Waals surface area contributed by atoms with E-state index in [2.05, 4.69) is 16.5 Å². The number of aromatic nitrogens is 2. The molecule has 0 fully saturated rings. The second-order valence-electron chi connectivity index (χ2n) is 4.34. The largest absolute Gasteiger partial charge is 0.488 e. The molecule has 2 rings (SSSR count). The van der Waals surface area contributed by atoms with Gasteiger partial charge in [0.15, 0.2) is 0 Å². The van der Waals surface area contributed by atoms with Crippen LogP contribution in [0.5, 0.6) is 0 Å². The molecule has 2 N–H and O–H groups in total. The third-order valence-corrected chi connectivity index (χ3v) is 2.91. The summed E-state index contributed by atoms with van der Waals surface area (Å²) in [6, 6.07) is 7.28. The molecule has 0 aliphatic carbocycles. The fraction of sp³-hybridized carbons (Fsp3) is 0.308. The number of hydrogen-bond donors (Lipinski definition) is 2. The van der Waals surface area contributed by atoms with Crippen molar-refractivity contribution in [3.05, 3.63) is 48.0 Å². The van der Waals surface area contributed by atoms with Crippen LogP contribution >= 0.6 is 0 Å². The Labute approximate surface area is 107 Å². The van der Waals surface area contributed by atoms with E-state index in [-0.39, 0.29) is 0 Å². The summed E-state index contributed by atoms with van der Waals surface area (Å²) in [6.45, 7) is 2.90. The van der Waals surface area contributed by atoms with Gasteiger partial charge in [-0.05, 0) is 17.4 Å². The van der Waals surface area contributed by atoms with E-state index >= 15 is 0 Å². The standard InChI is InChI=1S/C13H17BN2O2/c1-2-3-13-15-8-9-16(13)10-11-4-6-12(7-5-11)14(17)18/h4-9,17-18H,2-3,10H2,1H3. The van der Waals surface area contributed by atoms with Gasteiger partial charge in [-0.2, -0.15) is 0 Å². The summed E-state index contributed by atoms with van der Waals surface area (Å²) in [5, 5.41) is 18.1. The van der Waals surface area contributed by atoms with Crippen molar-refractivity contribution in [1.29, 1.82) is 0 Å². The minimum Gasteiger partial charge on any atom is -0.423 e. The lowest BCUT2D eigenvalue weighted by Crippen LogP contribution is -2.29. The molecule has 0 saturated carbocycles. The van der Waals surface area contributed by atoms with E-state index in [1.54, 1.807) is 12.1 Å². The van der Waals surface area contributed by atoms with Gasteiger partial charge in [0.05, 0.1) is 0 Å². The molecule has 0 spiro atoms. The predicted octanol–water partition coefficient (Wildman–Crippen LogP) is 0.564. The first kappa shape index (κ1) is 12.9. The van der Waals surface area contributed by atoms with E-state index in [0.29, 0.717) is 5.46 Å². The van der Waals surface area contributed by atoms with E-state index in [1.807, 2.05) is 24.5 Å². The quantitative estimate of drug-likeness (QED) is 0.756. The highest BCUT2D eigenvalue weighted by molar-refractivity contribution is 6.58. The van der Waals surface area contributed by atoms with Gasteiger partial charge in [-0.1, -0.05) is 31.2 Å². The van der Waals surface area contributed by atoms with Crippen molar-refractivity contribution in [3.63, 3.8) is 0 Å². The predicted molar refractivity (Wildman–Crippen MR) is 71.6 cm³/mol. The zero-order chi connectivity index (χ0) is 13.0. The van der Waals surface area contributed by atoms with Crippen LogP contribution in [0, 0.1) is 0 Å². The van der Waals surface area contributed by atoms with Crippen LogP contribution in [0.15, 0.2) is 36.7 Å². The molecule has 0 unspecified atom stereocenters. The van der Waals surface area contributed by atoms with Crippen LogP contribution in [0.1, 0.15) is 24.7 Å². The normalized spacial score (nSPS) is 10.6. The Morgan fingerprint density at radius 1 is 1.22 bits per heavy atom. The highest BCUT2D eigenvalue weighted by atomic mass is 16.4. The molecule has 0 aliphatic rings. The molecular weight excluding hydrogens is 227 g/mol. The van der Waals surface area contributed by atoms with Crippen molar-refractivity contribution in [1.82, 2.24) is 9.55 Å². The van der Waals surface area contributed by atoms with Gasteiger partial charge in [-0.25, -0.2) is 4.98 Å². The molecule has 0 atom stereocenters. The van der Waals surface area contributed by atoms with Gasteiger partial charge in [-0.3, -0.25) is 0 Å². The lowest BCUT2D eigenvalue weighted by molar-refractivity contribution is 0.426. The first-order chi connectivity index (χ1) is 8.70. The van der Waals surface area contributed by atoms with Crippen molar-refractivity contribution in [2.75, 3.05) is 0 Å². The minimum atomic E-state index is -1.40. The number of rotatable bonds is 5. The third kappa shape index (κ3) is 3.00. The second-order valence-corrected chi connectivity index (χ2v) is 4.34. The third-order valence-electron chi connectivity index (χ3n) is 2.91. The Kier molecular flexibility index (Phi) is 4.17. The smallest absolute Gasteiger partial charge is 0.423 e. The molecule has 4 nitrogen and oxygen atoms in total. The van der Waals surface area contributed by atoms with Crippen molar-refractivity contribution >= 4 is 12.6 Å². The maximum absolute atomic E-state index is 9.03. The first-order valence-electron chi connectivity index (χ1n) is 6.15. The summed E-state index contributed by atoms with van der Waals surface area (Å²) in [4.78, 5) is 4.33. The molecule has 2 aromatic rings. The monoisotopic (exact) mass is 244 g/mol. The summed E-state index contributed by atoms with van der Waals surface area (Å²) in [5.41, 5.74) is 1.63. The molecule has 0 amide bonds. The molecule has 1 aromatic heterocycles. The van der Waals surface area contributed by atoms with Gasteiger partial charge in [-0.15, -0.1) is 0 Å². The van der Waals surface area contributed by atoms with Crippen LogP contribution in [-0.4, -0.2) is 26.7 Å². The molecule has 94 valence electrons. The zero-order valence-corrected chi connectivity index (χ0v) is 10.5. The molecule has 1 aromatic carbocycles. The Bertz CT molecular complexity index is 494. The van der Waals surface area contributed by atoms with E-state index in [0.717, 1.165) is 30.8 Å². The Morgan fingerprint density at radius 3 is 2.56 bits per heavy atom. The Balaban J connectivity index is 2.11. The number of imidazole rings is 1. The minimum absolute atomic E-state index is 0.512. The fourth-order valence-corrected chi connectivity index (χ4v) is 1.93. The zero-order valence-electron chi connectivity index (χ0n) is 10.5. The van der Waals surface area contributed by atoms with E-state index in [1.165, 1.54) is 0 Å². The van der Waals surface area contributed by atoms with Gasteiger partial charge in [0, 0.05) is 25.4 Å². The number of nitrogens with zero attached hydrogens (tertiary/aromatic N) is 2. The lowest BCUT2D eigenvalue weighted by atomic mass is 9.80. The molecule has 5 heteroatoms. The van der Waals surface area contributed by atoms with Crippen molar-refractivity contribution in [2.24, 2.45) is 0 Å². The average molecular weight is 244 g/mol. The summed E-state index contributed by atoms with van der Waals surface area (Å²) >= 11 is 0. The van der Waals surface area contributed by atoms with Crippen LogP contribution in [0.2, 0.25) is 0 Å². The summed E-state index contributed by atoms with van der Waals surface area (Å²) in [5.74, 6) is 1.09. The summed E-state index contributed by atoms with van der Waals surface area (Å²) in [7, 11) is -1.40. The molecule has 1 heterocycles. The molecule has 18 heavy (non-hydrogen) atoms. The SMILES string of the molecule is CCCc1nccn1Cc1ccc(B(O)O)cc1. The van der Waals surface area contributed by atoms with Crippen LogP contribution in [-0.2, 0) is 13.0 Å². The van der Waals surface area contributed by atoms with Crippen molar-refractivity contribution in [2.45, 2.75) is 26.3 Å². The van der Waals surface area contributed by atoms with Crippen LogP contribution in [0.3, 0.4) is 0 Å².